The number of carbonyl (C=O) groups is 1. The van der Waals surface area contributed by atoms with E-state index in [1.807, 2.05) is 19.2 Å². The third-order valence-corrected chi connectivity index (χ3v) is 4.06. The first kappa shape index (κ1) is 19.3. The second-order valence-corrected chi connectivity index (χ2v) is 5.89. The Morgan fingerprint density at radius 1 is 1.14 bits per heavy atom. The summed E-state index contributed by atoms with van der Waals surface area (Å²) in [5, 5.41) is 11.3. The first-order chi connectivity index (χ1) is 13.6. The standard InChI is InChI=1S/C19H23N5O4/c1-4-23-12-14(11-21-23)10-20-19(25)15-8-9-24(22-15)13-28-18-16(26-2)6-5-7-17(18)27-3/h5-9,11-12H,4,10,13H2,1-3H3,(H,20,25). The van der Waals surface area contributed by atoms with Gasteiger partial charge < -0.3 is 19.5 Å². The third kappa shape index (κ3) is 4.43. The lowest BCUT2D eigenvalue weighted by Crippen LogP contribution is -2.23. The van der Waals surface area contributed by atoms with E-state index in [0.29, 0.717) is 29.5 Å². The molecular formula is C19H23N5O4. The molecule has 0 aliphatic carbocycles. The number of amides is 1. The zero-order valence-corrected chi connectivity index (χ0v) is 16.1. The summed E-state index contributed by atoms with van der Waals surface area (Å²) in [5.41, 5.74) is 1.24. The molecule has 0 fully saturated rings. The van der Waals surface area contributed by atoms with Crippen molar-refractivity contribution in [1.29, 1.82) is 0 Å². The van der Waals surface area contributed by atoms with Gasteiger partial charge in [0.25, 0.3) is 5.91 Å². The van der Waals surface area contributed by atoms with E-state index in [1.165, 1.54) is 4.68 Å². The second-order valence-electron chi connectivity index (χ2n) is 5.89. The fraction of sp³-hybridized carbons (Fsp3) is 0.316. The van der Waals surface area contributed by atoms with Crippen LogP contribution in [0.25, 0.3) is 0 Å². The summed E-state index contributed by atoms with van der Waals surface area (Å²) in [7, 11) is 3.12. The Balaban J connectivity index is 1.59. The molecule has 3 aromatic rings. The Kier molecular flexibility index (Phi) is 6.15. The molecule has 9 nitrogen and oxygen atoms in total. The van der Waals surface area contributed by atoms with Crippen LogP contribution in [0.4, 0.5) is 0 Å². The predicted molar refractivity (Wildman–Crippen MR) is 101 cm³/mol. The lowest BCUT2D eigenvalue weighted by Gasteiger charge is -2.13. The normalized spacial score (nSPS) is 10.5. The molecule has 0 unspecified atom stereocenters. The van der Waals surface area contributed by atoms with Gasteiger partial charge in [0.15, 0.2) is 18.2 Å². The van der Waals surface area contributed by atoms with Crippen molar-refractivity contribution >= 4 is 5.91 Å². The molecule has 0 radical (unpaired) electrons. The molecule has 2 aromatic heterocycles. The number of ether oxygens (including phenoxy) is 3. The maximum absolute atomic E-state index is 12.3. The average molecular weight is 385 g/mol. The van der Waals surface area contributed by atoms with Crippen LogP contribution in [-0.4, -0.2) is 39.7 Å². The number of rotatable bonds is 9. The summed E-state index contributed by atoms with van der Waals surface area (Å²) in [6.07, 6.45) is 5.30. The number of carbonyl (C=O) groups excluding carboxylic acids is 1. The van der Waals surface area contributed by atoms with Crippen molar-refractivity contribution in [3.63, 3.8) is 0 Å². The Morgan fingerprint density at radius 3 is 2.54 bits per heavy atom. The highest BCUT2D eigenvalue weighted by Gasteiger charge is 2.13. The molecule has 0 saturated carbocycles. The number of aryl methyl sites for hydroxylation is 1. The molecular weight excluding hydrogens is 362 g/mol. The van der Waals surface area contributed by atoms with Crippen molar-refractivity contribution in [3.05, 3.63) is 54.1 Å². The molecule has 28 heavy (non-hydrogen) atoms. The van der Waals surface area contributed by atoms with Crippen LogP contribution in [0.3, 0.4) is 0 Å². The van der Waals surface area contributed by atoms with Gasteiger partial charge in [-0.1, -0.05) is 6.07 Å². The number of benzene rings is 1. The molecule has 9 heteroatoms. The summed E-state index contributed by atoms with van der Waals surface area (Å²) in [6, 6.07) is 7.00. The highest BCUT2D eigenvalue weighted by Crippen LogP contribution is 2.36. The summed E-state index contributed by atoms with van der Waals surface area (Å²) in [5.74, 6) is 1.31. The van der Waals surface area contributed by atoms with E-state index in [9.17, 15) is 4.79 Å². The quantitative estimate of drug-likeness (QED) is 0.606. The van der Waals surface area contributed by atoms with Crippen LogP contribution in [0.1, 0.15) is 23.0 Å². The van der Waals surface area contributed by atoms with Gasteiger partial charge in [-0.3, -0.25) is 9.48 Å². The van der Waals surface area contributed by atoms with Gasteiger partial charge in [0.2, 0.25) is 5.75 Å². The van der Waals surface area contributed by atoms with Crippen LogP contribution in [0.5, 0.6) is 17.2 Å². The summed E-state index contributed by atoms with van der Waals surface area (Å²) in [4.78, 5) is 12.3. The van der Waals surface area contributed by atoms with Gasteiger partial charge in [-0.2, -0.15) is 10.2 Å². The minimum Gasteiger partial charge on any atom is -0.493 e. The van der Waals surface area contributed by atoms with Gasteiger partial charge in [0, 0.05) is 31.0 Å². The second kappa shape index (κ2) is 8.94. The van der Waals surface area contributed by atoms with Crippen LogP contribution < -0.4 is 19.5 Å². The van der Waals surface area contributed by atoms with E-state index < -0.39 is 0 Å². The summed E-state index contributed by atoms with van der Waals surface area (Å²) < 4.78 is 19.7. The Morgan fingerprint density at radius 2 is 1.89 bits per heavy atom. The summed E-state index contributed by atoms with van der Waals surface area (Å²) in [6.45, 7) is 3.29. The molecule has 1 N–H and O–H groups in total. The van der Waals surface area contributed by atoms with Crippen LogP contribution in [0, 0.1) is 0 Å². The van der Waals surface area contributed by atoms with Crippen molar-refractivity contribution in [2.45, 2.75) is 26.7 Å². The predicted octanol–water partition coefficient (Wildman–Crippen LogP) is 2.08. The van der Waals surface area contributed by atoms with Crippen LogP contribution >= 0.6 is 0 Å². The maximum atomic E-state index is 12.3. The number of nitrogens with zero attached hydrogens (tertiary/aromatic N) is 4. The highest BCUT2D eigenvalue weighted by molar-refractivity contribution is 5.92. The fourth-order valence-corrected chi connectivity index (χ4v) is 2.59. The number of nitrogens with one attached hydrogen (secondary N) is 1. The molecule has 1 amide bonds. The SMILES string of the molecule is CCn1cc(CNC(=O)c2ccn(COc3c(OC)cccc3OC)n2)cn1. The Hall–Kier alpha value is -3.49. The largest absolute Gasteiger partial charge is 0.493 e. The van der Waals surface area contributed by atoms with Crippen molar-refractivity contribution in [2.24, 2.45) is 0 Å². The molecule has 0 spiro atoms. The fourth-order valence-electron chi connectivity index (χ4n) is 2.59. The van der Waals surface area contributed by atoms with Crippen LogP contribution in [-0.2, 0) is 19.8 Å². The molecule has 3 rings (SSSR count). The maximum Gasteiger partial charge on any atom is 0.272 e. The van der Waals surface area contributed by atoms with Crippen molar-refractivity contribution in [2.75, 3.05) is 14.2 Å². The lowest BCUT2D eigenvalue weighted by molar-refractivity contribution is 0.0943. The zero-order chi connectivity index (χ0) is 19.9. The van der Waals surface area contributed by atoms with Gasteiger partial charge >= 0.3 is 0 Å². The molecule has 0 atom stereocenters. The molecule has 0 aliphatic rings. The van der Waals surface area contributed by atoms with Gasteiger partial charge in [-0.15, -0.1) is 0 Å². The molecule has 0 saturated heterocycles. The number of methoxy groups -OCH3 is 2. The van der Waals surface area contributed by atoms with Gasteiger partial charge in [0.1, 0.15) is 5.69 Å². The minimum atomic E-state index is -0.266. The van der Waals surface area contributed by atoms with E-state index in [0.717, 1.165) is 12.1 Å². The number of para-hydroxylation sites is 1. The van der Waals surface area contributed by atoms with Gasteiger partial charge in [0.05, 0.1) is 20.4 Å². The first-order valence-electron chi connectivity index (χ1n) is 8.81. The monoisotopic (exact) mass is 385 g/mol. The number of aromatic nitrogens is 4. The summed E-state index contributed by atoms with van der Waals surface area (Å²) >= 11 is 0. The third-order valence-electron chi connectivity index (χ3n) is 4.06. The van der Waals surface area contributed by atoms with Gasteiger partial charge in [-0.05, 0) is 25.1 Å². The van der Waals surface area contributed by atoms with Crippen LogP contribution in [0.2, 0.25) is 0 Å². The minimum absolute atomic E-state index is 0.104. The first-order valence-corrected chi connectivity index (χ1v) is 8.81. The lowest BCUT2D eigenvalue weighted by atomic mass is 10.3. The average Bonchev–Trinajstić information content (AvgIpc) is 3.39. The molecule has 2 heterocycles. The topological polar surface area (TPSA) is 92.4 Å². The van der Waals surface area contributed by atoms with Crippen molar-refractivity contribution in [3.8, 4) is 17.2 Å². The molecule has 0 aliphatic heterocycles. The van der Waals surface area contributed by atoms with E-state index in [-0.39, 0.29) is 12.6 Å². The van der Waals surface area contributed by atoms with E-state index >= 15 is 0 Å². The molecule has 148 valence electrons. The Bertz CT molecular complexity index is 912. The van der Waals surface area contributed by atoms with Crippen molar-refractivity contribution < 1.29 is 19.0 Å². The van der Waals surface area contributed by atoms with E-state index in [1.54, 1.807) is 49.5 Å². The van der Waals surface area contributed by atoms with Crippen molar-refractivity contribution in [1.82, 2.24) is 24.9 Å². The molecule has 1 aromatic carbocycles. The zero-order valence-electron chi connectivity index (χ0n) is 16.1. The number of hydrogen-bond acceptors (Lipinski definition) is 6. The Labute approximate surface area is 162 Å². The van der Waals surface area contributed by atoms with E-state index in [2.05, 4.69) is 15.5 Å². The smallest absolute Gasteiger partial charge is 0.272 e. The van der Waals surface area contributed by atoms with E-state index in [4.69, 9.17) is 14.2 Å². The number of hydrogen-bond donors (Lipinski definition) is 1. The van der Waals surface area contributed by atoms with Gasteiger partial charge in [-0.25, -0.2) is 4.68 Å². The highest BCUT2D eigenvalue weighted by atomic mass is 16.5. The van der Waals surface area contributed by atoms with Crippen LogP contribution in [0.15, 0.2) is 42.9 Å². The molecule has 0 bridgehead atoms.